The predicted octanol–water partition coefficient (Wildman–Crippen LogP) is 1.30. The van der Waals surface area contributed by atoms with E-state index >= 15 is 0 Å². The van der Waals surface area contributed by atoms with E-state index in [0.717, 1.165) is 19.6 Å². The summed E-state index contributed by atoms with van der Waals surface area (Å²) < 4.78 is 18.6. The molecule has 0 aromatic heterocycles. The minimum atomic E-state index is -0.591. The zero-order valence-electron chi connectivity index (χ0n) is 11.2. The van der Waals surface area contributed by atoms with Gasteiger partial charge in [-0.15, -0.1) is 0 Å². The second-order valence-corrected chi connectivity index (χ2v) is 4.36. The Balaban J connectivity index is 2.57. The van der Waals surface area contributed by atoms with Crippen LogP contribution in [0.2, 0.25) is 0 Å². The molecule has 0 saturated carbocycles. The summed E-state index contributed by atoms with van der Waals surface area (Å²) in [6, 6.07) is 5.88. The van der Waals surface area contributed by atoms with Gasteiger partial charge in [0, 0.05) is 0 Å². The van der Waals surface area contributed by atoms with Crippen molar-refractivity contribution in [3.63, 3.8) is 0 Å². The molecule has 0 unspecified atom stereocenters. The second kappa shape index (κ2) is 7.11. The van der Waals surface area contributed by atoms with Crippen molar-refractivity contribution in [1.29, 1.82) is 0 Å². The van der Waals surface area contributed by atoms with Gasteiger partial charge >= 0.3 is 5.97 Å². The predicted molar refractivity (Wildman–Crippen MR) is 68.2 cm³/mol. The van der Waals surface area contributed by atoms with Crippen LogP contribution in [-0.4, -0.2) is 31.7 Å². The van der Waals surface area contributed by atoms with Gasteiger partial charge in [-0.2, -0.15) is 0 Å². The number of esters is 1. The number of hydrogen-bond acceptors (Lipinski definition) is 2. The molecule has 1 aromatic rings. The van der Waals surface area contributed by atoms with Gasteiger partial charge < -0.3 is 9.64 Å². The Labute approximate surface area is 108 Å². The lowest BCUT2D eigenvalue weighted by molar-refractivity contribution is -0.899. The monoisotopic (exact) mass is 254 g/mol. The molecule has 0 saturated heterocycles. The van der Waals surface area contributed by atoms with Crippen molar-refractivity contribution in [3.8, 4) is 0 Å². The first kappa shape index (κ1) is 14.6. The summed E-state index contributed by atoms with van der Waals surface area (Å²) >= 11 is 0. The highest BCUT2D eigenvalue weighted by atomic mass is 19.1. The average Bonchev–Trinajstić information content (AvgIpc) is 2.36. The molecule has 0 aliphatic carbocycles. The van der Waals surface area contributed by atoms with E-state index in [1.807, 2.05) is 6.92 Å². The molecule has 4 heteroatoms. The fourth-order valence-corrected chi connectivity index (χ4v) is 1.86. The molecule has 1 aromatic carbocycles. The van der Waals surface area contributed by atoms with Crippen LogP contribution in [-0.2, 0) is 4.74 Å². The third-order valence-electron chi connectivity index (χ3n) is 2.98. The molecule has 1 rings (SSSR count). The summed E-state index contributed by atoms with van der Waals surface area (Å²) in [7, 11) is 0. The third-order valence-corrected chi connectivity index (χ3v) is 2.98. The molecule has 0 spiro atoms. The molecule has 3 nitrogen and oxygen atoms in total. The van der Waals surface area contributed by atoms with Crippen molar-refractivity contribution in [2.24, 2.45) is 0 Å². The van der Waals surface area contributed by atoms with Crippen molar-refractivity contribution in [3.05, 3.63) is 35.6 Å². The number of nitrogens with one attached hydrogen (secondary N) is 1. The summed E-state index contributed by atoms with van der Waals surface area (Å²) in [4.78, 5) is 13.1. The van der Waals surface area contributed by atoms with Gasteiger partial charge in [0.2, 0.25) is 0 Å². The van der Waals surface area contributed by atoms with Gasteiger partial charge in [0.15, 0.2) is 0 Å². The highest BCUT2D eigenvalue weighted by molar-refractivity contribution is 5.89. The van der Waals surface area contributed by atoms with Crippen LogP contribution in [0.4, 0.5) is 4.39 Å². The molecule has 0 aliphatic heterocycles. The SMILES string of the molecule is CC[NH+](CC)C[C@H](C)OC(=O)c1ccccc1F. The minimum Gasteiger partial charge on any atom is -0.453 e. The quantitative estimate of drug-likeness (QED) is 0.776. The molecule has 1 N–H and O–H groups in total. The number of quaternary nitrogens is 1. The fraction of sp³-hybridized carbons (Fsp3) is 0.500. The standard InChI is InChI=1S/C14H20FNO2/c1-4-16(5-2)10-11(3)18-14(17)12-8-6-7-9-13(12)15/h6-9,11H,4-5,10H2,1-3H3/p+1/t11-/m0/s1. The summed E-state index contributed by atoms with van der Waals surface area (Å²) in [5.74, 6) is -1.13. The second-order valence-electron chi connectivity index (χ2n) is 4.36. The molecular weight excluding hydrogens is 233 g/mol. The number of hydrogen-bond donors (Lipinski definition) is 1. The van der Waals surface area contributed by atoms with Gasteiger partial charge in [-0.1, -0.05) is 12.1 Å². The first-order valence-electron chi connectivity index (χ1n) is 6.37. The van der Waals surface area contributed by atoms with Crippen molar-refractivity contribution < 1.29 is 18.8 Å². The summed E-state index contributed by atoms with van der Waals surface area (Å²) in [5.41, 5.74) is -0.00102. The van der Waals surface area contributed by atoms with Crippen molar-refractivity contribution in [2.75, 3.05) is 19.6 Å². The van der Waals surface area contributed by atoms with Gasteiger partial charge in [-0.25, -0.2) is 9.18 Å². The maximum atomic E-state index is 13.4. The first-order chi connectivity index (χ1) is 8.58. The largest absolute Gasteiger partial charge is 0.453 e. The Morgan fingerprint density at radius 2 is 1.94 bits per heavy atom. The number of likely N-dealkylation sites (N-methyl/N-ethyl adjacent to an activating group) is 1. The van der Waals surface area contributed by atoms with E-state index in [1.54, 1.807) is 12.1 Å². The van der Waals surface area contributed by atoms with Crippen LogP contribution in [0.5, 0.6) is 0 Å². The van der Waals surface area contributed by atoms with E-state index < -0.39 is 11.8 Å². The topological polar surface area (TPSA) is 30.7 Å². The van der Waals surface area contributed by atoms with Crippen LogP contribution < -0.4 is 4.90 Å². The number of carbonyl (C=O) groups is 1. The Morgan fingerprint density at radius 1 is 1.33 bits per heavy atom. The van der Waals surface area contributed by atoms with E-state index in [1.165, 1.54) is 17.0 Å². The van der Waals surface area contributed by atoms with Crippen LogP contribution in [0.25, 0.3) is 0 Å². The Morgan fingerprint density at radius 3 is 2.50 bits per heavy atom. The van der Waals surface area contributed by atoms with Crippen molar-refractivity contribution in [1.82, 2.24) is 0 Å². The normalized spacial score (nSPS) is 12.5. The van der Waals surface area contributed by atoms with E-state index in [-0.39, 0.29) is 11.7 Å². The van der Waals surface area contributed by atoms with Crippen LogP contribution in [0.1, 0.15) is 31.1 Å². The zero-order valence-corrected chi connectivity index (χ0v) is 11.2. The van der Waals surface area contributed by atoms with Crippen molar-refractivity contribution >= 4 is 5.97 Å². The number of rotatable bonds is 6. The molecule has 0 heterocycles. The highest BCUT2D eigenvalue weighted by Crippen LogP contribution is 2.08. The lowest BCUT2D eigenvalue weighted by Crippen LogP contribution is -3.12. The van der Waals surface area contributed by atoms with Gasteiger partial charge in [0.25, 0.3) is 0 Å². The van der Waals surface area contributed by atoms with E-state index in [2.05, 4.69) is 13.8 Å². The van der Waals surface area contributed by atoms with Gasteiger partial charge in [0.1, 0.15) is 18.5 Å². The van der Waals surface area contributed by atoms with E-state index in [4.69, 9.17) is 4.74 Å². The number of benzene rings is 1. The Kier molecular flexibility index (Phi) is 5.78. The maximum absolute atomic E-state index is 13.4. The summed E-state index contributed by atoms with van der Waals surface area (Å²) in [5, 5.41) is 0. The van der Waals surface area contributed by atoms with E-state index in [9.17, 15) is 9.18 Å². The average molecular weight is 254 g/mol. The third kappa shape index (κ3) is 4.11. The molecule has 100 valence electrons. The molecule has 0 bridgehead atoms. The zero-order chi connectivity index (χ0) is 13.5. The van der Waals surface area contributed by atoms with Gasteiger partial charge in [-0.05, 0) is 32.9 Å². The number of halogens is 1. The van der Waals surface area contributed by atoms with Crippen LogP contribution >= 0.6 is 0 Å². The minimum absolute atomic E-state index is 0.00102. The molecule has 0 amide bonds. The highest BCUT2D eigenvalue weighted by Gasteiger charge is 2.18. The molecular formula is C14H21FNO2+. The Hall–Kier alpha value is -1.42. The molecule has 18 heavy (non-hydrogen) atoms. The molecule has 0 fully saturated rings. The lowest BCUT2D eigenvalue weighted by Gasteiger charge is -2.20. The summed E-state index contributed by atoms with van der Waals surface area (Å²) in [6.07, 6.45) is -0.216. The van der Waals surface area contributed by atoms with Crippen LogP contribution in [0.15, 0.2) is 24.3 Å². The Bertz CT molecular complexity index is 391. The molecule has 0 aliphatic rings. The fourth-order valence-electron chi connectivity index (χ4n) is 1.86. The number of ether oxygens (including phenoxy) is 1. The maximum Gasteiger partial charge on any atom is 0.341 e. The molecule has 1 atom stereocenters. The van der Waals surface area contributed by atoms with Gasteiger partial charge in [-0.3, -0.25) is 0 Å². The van der Waals surface area contributed by atoms with Gasteiger partial charge in [0.05, 0.1) is 18.7 Å². The van der Waals surface area contributed by atoms with Crippen molar-refractivity contribution in [2.45, 2.75) is 26.9 Å². The van der Waals surface area contributed by atoms with Crippen LogP contribution in [0.3, 0.4) is 0 Å². The lowest BCUT2D eigenvalue weighted by atomic mass is 10.2. The molecule has 0 radical (unpaired) electrons. The smallest absolute Gasteiger partial charge is 0.341 e. The summed E-state index contributed by atoms with van der Waals surface area (Å²) in [6.45, 7) is 8.72. The number of carbonyl (C=O) groups excluding carboxylic acids is 1. The van der Waals surface area contributed by atoms with Crippen LogP contribution in [0, 0.1) is 5.82 Å². The first-order valence-corrected chi connectivity index (χ1v) is 6.37. The van der Waals surface area contributed by atoms with E-state index in [0.29, 0.717) is 0 Å².